The van der Waals surface area contributed by atoms with Gasteiger partial charge in [0.2, 0.25) is 0 Å². The van der Waals surface area contributed by atoms with Crippen LogP contribution in [-0.2, 0) is 41.1 Å². The lowest BCUT2D eigenvalue weighted by Crippen LogP contribution is -2.54. The third-order valence-corrected chi connectivity index (χ3v) is 35.9. The second-order valence-corrected chi connectivity index (χ2v) is 44.6. The largest absolute Gasteiger partial charge is 0.381 e. The molecule has 8 aromatic carbocycles. The molecule has 8 aromatic rings. The van der Waals surface area contributed by atoms with Crippen molar-refractivity contribution in [2.75, 3.05) is 153 Å². The maximum Gasteiger partial charge on any atom is 0.265 e. The number of piperidine rings is 4. The molecule has 0 spiro atoms. The molecular formula is C124H159FN12O4. The van der Waals surface area contributed by atoms with Crippen LogP contribution in [0.15, 0.2) is 212 Å². The Labute approximate surface area is 845 Å². The summed E-state index contributed by atoms with van der Waals surface area (Å²) in [5.41, 5.74) is 12.5. The van der Waals surface area contributed by atoms with Crippen LogP contribution in [0.3, 0.4) is 0 Å². The highest BCUT2D eigenvalue weighted by Crippen LogP contribution is 2.58. The van der Waals surface area contributed by atoms with E-state index in [9.17, 15) is 4.39 Å². The molecule has 5 saturated carbocycles. The zero-order valence-electron chi connectivity index (χ0n) is 86.0. The Hall–Kier alpha value is -9.78. The minimum absolute atomic E-state index is 0.0566. The van der Waals surface area contributed by atoms with Crippen LogP contribution in [0.1, 0.15) is 212 Å². The summed E-state index contributed by atoms with van der Waals surface area (Å²) in [6.45, 7) is 75.0. The lowest BCUT2D eigenvalue weighted by molar-refractivity contribution is -0.0413. The van der Waals surface area contributed by atoms with Crippen molar-refractivity contribution in [2.24, 2.45) is 71.0 Å². The van der Waals surface area contributed by atoms with E-state index in [4.69, 9.17) is 51.8 Å². The van der Waals surface area contributed by atoms with Crippen molar-refractivity contribution in [3.8, 4) is 0 Å². The van der Waals surface area contributed by atoms with Crippen molar-refractivity contribution in [3.05, 3.63) is 320 Å². The number of halogens is 1. The molecule has 7 heterocycles. The lowest BCUT2D eigenvalue weighted by atomic mass is 9.65. The molecule has 12 atom stereocenters. The lowest BCUT2D eigenvalue weighted by Gasteiger charge is -2.46. The molecule has 0 bridgehead atoms. The molecule has 0 radical (unpaired) electrons. The van der Waals surface area contributed by atoms with E-state index in [0.29, 0.717) is 53.0 Å². The predicted octanol–water partition coefficient (Wildman–Crippen LogP) is 25.7. The summed E-state index contributed by atoms with van der Waals surface area (Å²) in [7, 11) is 3.67. The van der Waals surface area contributed by atoms with Gasteiger partial charge in [0.1, 0.15) is 5.82 Å². The summed E-state index contributed by atoms with van der Waals surface area (Å²) in [4.78, 5) is 39.6. The summed E-state index contributed by atoms with van der Waals surface area (Å²) in [6, 6.07) is 73.8. The van der Waals surface area contributed by atoms with Gasteiger partial charge < -0.3 is 72.6 Å². The molecule has 17 heteroatoms. The number of benzene rings is 8. The molecule has 1 unspecified atom stereocenters. The van der Waals surface area contributed by atoms with E-state index in [-0.39, 0.29) is 48.2 Å². The maximum absolute atomic E-state index is 14.5. The topological polar surface area (TPSA) is 81.4 Å². The smallest absolute Gasteiger partial charge is 0.265 e. The molecule has 5 aliphatic carbocycles. The molecule has 746 valence electrons. The molecule has 12 aliphatic rings. The van der Waals surface area contributed by atoms with Crippen LogP contribution in [0.25, 0.3) is 24.2 Å². The average molecular weight is 1900 g/mol. The summed E-state index contributed by atoms with van der Waals surface area (Å²) in [5.74, 6) is 5.72. The number of methoxy groups -OCH3 is 2. The quantitative estimate of drug-likeness (QED) is 0.0404. The number of anilines is 3. The van der Waals surface area contributed by atoms with Gasteiger partial charge in [-0.2, -0.15) is 0 Å². The first-order chi connectivity index (χ1) is 68.8. The molecule has 7 aliphatic heterocycles. The van der Waals surface area contributed by atoms with Crippen LogP contribution in [0, 0.1) is 130 Å². The van der Waals surface area contributed by atoms with Crippen molar-refractivity contribution in [3.63, 3.8) is 0 Å². The SMILES string of the molecule is [C-]#[N+][C@@](c1ccccc1)(C1CCN(CC2CN(c3ccc(C)cc3)C2)CC1)[C@H]1CCC[C@@H]1OC.[C-]#[N+][C@@](c1ccccc1)(C1CCN(CC2CN(c3ccc(C)cc3)C2)CC1)[C@H]1CCC[C@@H]1OCC.[C-]#[N+][C@](c1ccccc1)(C1CCN(CC2CN(c3ccc(C)cc3)C2)CC1)[C@H]1CCC[C@@H]1OC.[C-]#[N+]c1ccc(C2CC(CN3CCC(C([N+]#[C-])(c4cccc(F)c4)[C@H]4CCC[C@@H]4OC(C)C)CC3)C2)cc1. The van der Waals surface area contributed by atoms with Gasteiger partial charge in [-0.05, 0) is 275 Å². The molecule has 7 saturated heterocycles. The van der Waals surface area contributed by atoms with Gasteiger partial charge in [-0.3, -0.25) is 0 Å². The Morgan fingerprint density at radius 2 is 0.652 bits per heavy atom. The molecule has 16 nitrogen and oxygen atoms in total. The molecule has 12 fully saturated rings. The second-order valence-electron chi connectivity index (χ2n) is 44.6. The first-order valence-corrected chi connectivity index (χ1v) is 54.5. The third kappa shape index (κ3) is 23.0. The second kappa shape index (κ2) is 47.8. The van der Waals surface area contributed by atoms with Gasteiger partial charge in [-0.1, -0.05) is 206 Å². The van der Waals surface area contributed by atoms with Crippen LogP contribution in [0.5, 0.6) is 0 Å². The van der Waals surface area contributed by atoms with E-state index >= 15 is 0 Å². The minimum Gasteiger partial charge on any atom is -0.381 e. The van der Waals surface area contributed by atoms with Crippen LogP contribution < -0.4 is 14.7 Å². The van der Waals surface area contributed by atoms with E-state index in [1.807, 2.05) is 32.4 Å². The van der Waals surface area contributed by atoms with Gasteiger partial charge in [-0.25, -0.2) is 35.5 Å². The van der Waals surface area contributed by atoms with Crippen LogP contribution in [-0.4, -0.2) is 189 Å². The molecule has 141 heavy (non-hydrogen) atoms. The normalized spacial score (nSPS) is 26.5. The van der Waals surface area contributed by atoms with E-state index in [1.165, 1.54) is 114 Å². The Morgan fingerprint density at radius 3 is 0.965 bits per heavy atom. The predicted molar refractivity (Wildman–Crippen MR) is 571 cm³/mol. The zero-order chi connectivity index (χ0) is 98.0. The molecule has 0 N–H and O–H groups in total. The van der Waals surface area contributed by atoms with E-state index < -0.39 is 22.2 Å². The van der Waals surface area contributed by atoms with Crippen LogP contribution in [0.2, 0.25) is 0 Å². The van der Waals surface area contributed by atoms with Gasteiger partial charge in [-0.15, -0.1) is 0 Å². The Morgan fingerprint density at radius 1 is 0.348 bits per heavy atom. The first-order valence-electron chi connectivity index (χ1n) is 54.5. The first kappa shape index (κ1) is 103. The van der Waals surface area contributed by atoms with Crippen LogP contribution in [0.4, 0.5) is 27.1 Å². The Kier molecular flexibility index (Phi) is 34.8. The van der Waals surface area contributed by atoms with E-state index in [0.717, 1.165) is 237 Å². The van der Waals surface area contributed by atoms with Crippen molar-refractivity contribution >= 4 is 22.7 Å². The fraction of sp³-hybridized carbons (Fsp3) is 0.573. The number of nitrogens with zero attached hydrogens (tertiary/aromatic N) is 12. The Balaban J connectivity index is 0.000000130. The number of ether oxygens (including phenoxy) is 4. The monoisotopic (exact) mass is 1900 g/mol. The molecule has 0 amide bonds. The van der Waals surface area contributed by atoms with Gasteiger partial charge in [0.25, 0.3) is 22.2 Å². The molecule has 0 aromatic heterocycles. The van der Waals surface area contributed by atoms with Crippen LogP contribution >= 0.6 is 0 Å². The van der Waals surface area contributed by atoms with Gasteiger partial charge in [0, 0.05) is 167 Å². The fourth-order valence-electron chi connectivity index (χ4n) is 28.6. The molecule has 20 rings (SSSR count). The highest BCUT2D eigenvalue weighted by Gasteiger charge is 2.63. The number of aryl methyl sites for hydroxylation is 3. The van der Waals surface area contributed by atoms with Gasteiger partial charge >= 0.3 is 0 Å². The number of likely N-dealkylation sites (tertiary alicyclic amines) is 4. The number of hydrogen-bond donors (Lipinski definition) is 0. The summed E-state index contributed by atoms with van der Waals surface area (Å²) >= 11 is 0. The highest BCUT2D eigenvalue weighted by molar-refractivity contribution is 5.53. The standard InChI is InChI=1S/C33H40FN3O.C31H41N3O.2C30H39N3O/c1-23(2)38-32-10-6-9-31(32)33(36-4,28-7-5-8-29(34)21-28)27-15-17-37(18-16-27)22-24-19-26(20-24)25-11-13-30(35-3)14-12-25;1-4-35-30-12-8-11-29(30)31(32-3,26-9-6-5-7-10-26)27-17-19-33(20-18-27)21-25-22-34(23-25)28-15-13-24(2)14-16-28;2*1-23-12-14-27(15-13-23)33-21-24(22-33)20-32-18-16-26(17-19-32)30(31-2,25-8-5-4-6-9-25)28-10-7-11-29(28)34-3/h5,7-8,11-14,21,23-24,26-27,31-32H,6,9-10,15-20,22H2,1-2H3;5-7,9-10,13-16,25,27,29-30H,4,8,11-12,17-23H2,1-2H3;2*4-6,8-9,12-15,24,26,28-29H,7,10-11,16-22H2,1,3H3/t24?,26?,31-,32-,33?;29-,30-,31-;28-,29-,30+;28-,29-,30-/m0000/s1. The average Bonchev–Trinajstić information content (AvgIpc) is 1.73. The van der Waals surface area contributed by atoms with Gasteiger partial charge in [0.05, 0.1) is 60.8 Å². The zero-order valence-corrected chi connectivity index (χ0v) is 86.0. The van der Waals surface area contributed by atoms with Gasteiger partial charge in [0.15, 0.2) is 5.69 Å². The summed E-state index contributed by atoms with van der Waals surface area (Å²) < 4.78 is 38.9. The summed E-state index contributed by atoms with van der Waals surface area (Å²) in [5, 5.41) is 0. The number of rotatable bonds is 30. The van der Waals surface area contributed by atoms with E-state index in [1.54, 1.807) is 12.1 Å². The van der Waals surface area contributed by atoms with Crippen molar-refractivity contribution in [1.29, 1.82) is 0 Å². The maximum atomic E-state index is 14.5. The van der Waals surface area contributed by atoms with Crippen molar-refractivity contribution < 1.29 is 23.3 Å². The summed E-state index contributed by atoms with van der Waals surface area (Å²) in [6.07, 6.45) is 25.0. The Bertz CT molecular complexity index is 5290. The highest BCUT2D eigenvalue weighted by atomic mass is 19.1. The van der Waals surface area contributed by atoms with Crippen molar-refractivity contribution in [2.45, 2.75) is 241 Å². The third-order valence-electron chi connectivity index (χ3n) is 35.9. The number of hydrogen-bond acceptors (Lipinski definition) is 11. The minimum atomic E-state index is -0.733. The van der Waals surface area contributed by atoms with E-state index in [2.05, 4.69) is 276 Å². The fourth-order valence-corrected chi connectivity index (χ4v) is 28.6. The molecular weight excluding hydrogens is 1740 g/mol. The van der Waals surface area contributed by atoms with Crippen molar-refractivity contribution in [1.82, 2.24) is 19.6 Å².